The molecule has 3 aromatic rings. The van der Waals surface area contributed by atoms with E-state index >= 15 is 0 Å². The van der Waals surface area contributed by atoms with Gasteiger partial charge in [-0.1, -0.05) is 18.8 Å². The highest BCUT2D eigenvalue weighted by Crippen LogP contribution is 2.32. The second kappa shape index (κ2) is 13.1. The summed E-state index contributed by atoms with van der Waals surface area (Å²) in [5.41, 5.74) is 1.52. The number of likely N-dealkylation sites (tertiary alicyclic amines) is 1. The van der Waals surface area contributed by atoms with Crippen molar-refractivity contribution in [2.75, 3.05) is 43.6 Å². The Morgan fingerprint density at radius 2 is 1.84 bits per heavy atom. The van der Waals surface area contributed by atoms with Crippen LogP contribution in [0.15, 0.2) is 47.5 Å². The number of aromatic nitrogens is 1. The molecule has 13 heteroatoms. The standard InChI is InChI=1S/C32H39F3N4O5S/c1-21-19-38(30(40)44-31(2,3)4)15-12-25(21)37-27-16-22(17-28-24(27)11-14-39(28)20-32(33,34)35)8-7-13-36-26-10-9-23(45(6,41)42)18-29(26)43-5/h9-11,14,16-18,21,25,36-37H,12-13,15,19-20H2,1-6H3/t21-,25?/m0/s1. The van der Waals surface area contributed by atoms with Crippen LogP contribution >= 0.6 is 0 Å². The molecule has 1 aromatic heterocycles. The van der Waals surface area contributed by atoms with Gasteiger partial charge in [0.1, 0.15) is 17.9 Å². The number of fused-ring (bicyclic) bond motifs is 1. The summed E-state index contributed by atoms with van der Waals surface area (Å²) in [5, 5.41) is 7.26. The first-order valence-electron chi connectivity index (χ1n) is 14.5. The first-order valence-corrected chi connectivity index (χ1v) is 16.4. The Labute approximate surface area is 262 Å². The number of hydrogen-bond acceptors (Lipinski definition) is 7. The van der Waals surface area contributed by atoms with E-state index in [4.69, 9.17) is 9.47 Å². The maximum atomic E-state index is 13.4. The second-order valence-corrected chi connectivity index (χ2v) is 14.3. The number of benzene rings is 2. The largest absolute Gasteiger partial charge is 0.495 e. The zero-order valence-electron chi connectivity index (χ0n) is 26.2. The highest BCUT2D eigenvalue weighted by molar-refractivity contribution is 7.90. The van der Waals surface area contributed by atoms with Crippen LogP contribution in [0.5, 0.6) is 5.75 Å². The second-order valence-electron chi connectivity index (χ2n) is 12.2. The lowest BCUT2D eigenvalue weighted by molar-refractivity contribution is -0.139. The molecule has 2 aromatic carbocycles. The third-order valence-corrected chi connectivity index (χ3v) is 8.45. The molecule has 1 aliphatic heterocycles. The number of sulfone groups is 1. The molecule has 2 N–H and O–H groups in total. The number of anilines is 2. The minimum absolute atomic E-state index is 0.0369. The van der Waals surface area contributed by atoms with Crippen molar-refractivity contribution in [3.05, 3.63) is 48.2 Å². The molecule has 45 heavy (non-hydrogen) atoms. The topological polar surface area (TPSA) is 102 Å². The predicted octanol–water partition coefficient (Wildman–Crippen LogP) is 6.14. The van der Waals surface area contributed by atoms with E-state index in [1.165, 1.54) is 25.4 Å². The van der Waals surface area contributed by atoms with Crippen molar-refractivity contribution in [3.63, 3.8) is 0 Å². The van der Waals surface area contributed by atoms with Gasteiger partial charge in [0.25, 0.3) is 0 Å². The lowest BCUT2D eigenvalue weighted by Crippen LogP contribution is -2.49. The van der Waals surface area contributed by atoms with Crippen LogP contribution in [0.1, 0.15) is 39.7 Å². The van der Waals surface area contributed by atoms with Gasteiger partial charge in [-0.05, 0) is 63.4 Å². The number of carbonyl (C=O) groups is 1. The molecule has 1 fully saturated rings. The molecule has 0 radical (unpaired) electrons. The van der Waals surface area contributed by atoms with Gasteiger partial charge in [0.2, 0.25) is 0 Å². The van der Waals surface area contributed by atoms with Gasteiger partial charge in [-0.15, -0.1) is 0 Å². The highest BCUT2D eigenvalue weighted by Gasteiger charge is 2.32. The van der Waals surface area contributed by atoms with Crippen LogP contribution in [0.4, 0.5) is 29.3 Å². The van der Waals surface area contributed by atoms with Crippen molar-refractivity contribution in [1.82, 2.24) is 9.47 Å². The van der Waals surface area contributed by atoms with Gasteiger partial charge in [0.15, 0.2) is 9.84 Å². The lowest BCUT2D eigenvalue weighted by atomic mass is 9.93. The fraction of sp³-hybridized carbons (Fsp3) is 0.469. The summed E-state index contributed by atoms with van der Waals surface area (Å²) in [7, 11) is -1.98. The Balaban J connectivity index is 1.56. The first kappa shape index (κ1) is 33.8. The van der Waals surface area contributed by atoms with Crippen molar-refractivity contribution in [2.24, 2.45) is 5.92 Å². The number of rotatable bonds is 7. The summed E-state index contributed by atoms with van der Waals surface area (Å²) in [4.78, 5) is 14.4. The highest BCUT2D eigenvalue weighted by atomic mass is 32.2. The van der Waals surface area contributed by atoms with Crippen LogP contribution in [0.2, 0.25) is 0 Å². The van der Waals surface area contributed by atoms with Crippen molar-refractivity contribution in [3.8, 4) is 17.6 Å². The molecule has 1 unspecified atom stereocenters. The zero-order chi connectivity index (χ0) is 33.2. The normalized spacial score (nSPS) is 17.4. The number of hydrogen-bond donors (Lipinski definition) is 2. The van der Waals surface area contributed by atoms with Crippen LogP contribution < -0.4 is 15.4 Å². The summed E-state index contributed by atoms with van der Waals surface area (Å²) in [5.74, 6) is 6.42. The van der Waals surface area contributed by atoms with Crippen LogP contribution in [0.25, 0.3) is 10.9 Å². The molecule has 1 amide bonds. The summed E-state index contributed by atoms with van der Waals surface area (Å²) in [6.45, 7) is 7.46. The van der Waals surface area contributed by atoms with Crippen molar-refractivity contribution in [1.29, 1.82) is 0 Å². The molecule has 0 spiro atoms. The molecule has 0 bridgehead atoms. The van der Waals surface area contributed by atoms with E-state index in [1.807, 2.05) is 33.8 Å². The van der Waals surface area contributed by atoms with Gasteiger partial charge in [-0.2, -0.15) is 13.2 Å². The van der Waals surface area contributed by atoms with E-state index in [-0.39, 0.29) is 29.5 Å². The molecule has 0 saturated carbocycles. The fourth-order valence-corrected chi connectivity index (χ4v) is 5.84. The average molecular weight is 649 g/mol. The zero-order valence-corrected chi connectivity index (χ0v) is 27.0. The number of ether oxygens (including phenoxy) is 2. The van der Waals surface area contributed by atoms with E-state index in [2.05, 4.69) is 22.5 Å². The molecule has 1 saturated heterocycles. The van der Waals surface area contributed by atoms with Crippen LogP contribution in [-0.2, 0) is 21.1 Å². The Morgan fingerprint density at radius 3 is 2.47 bits per heavy atom. The van der Waals surface area contributed by atoms with Gasteiger partial charge in [0.05, 0.1) is 29.8 Å². The first-order chi connectivity index (χ1) is 20.9. The number of nitrogens with one attached hydrogen (secondary N) is 2. The van der Waals surface area contributed by atoms with E-state index in [0.29, 0.717) is 53.1 Å². The van der Waals surface area contributed by atoms with E-state index in [1.54, 1.807) is 23.1 Å². The molecule has 9 nitrogen and oxygen atoms in total. The van der Waals surface area contributed by atoms with Crippen LogP contribution in [0.3, 0.4) is 0 Å². The Morgan fingerprint density at radius 1 is 1.11 bits per heavy atom. The number of nitrogens with zero attached hydrogens (tertiary/aromatic N) is 2. The molecule has 0 aliphatic carbocycles. The third-order valence-electron chi connectivity index (χ3n) is 7.34. The Bertz CT molecular complexity index is 1720. The number of methoxy groups -OCH3 is 1. The van der Waals surface area contributed by atoms with E-state index in [0.717, 1.165) is 10.8 Å². The van der Waals surface area contributed by atoms with Crippen LogP contribution in [-0.4, -0.2) is 74.8 Å². The summed E-state index contributed by atoms with van der Waals surface area (Å²) >= 11 is 0. The monoisotopic (exact) mass is 648 g/mol. The molecule has 2 atom stereocenters. The minimum Gasteiger partial charge on any atom is -0.495 e. The molecule has 1 aliphatic rings. The molecular weight excluding hydrogens is 609 g/mol. The SMILES string of the molecule is COc1cc(S(C)(=O)=O)ccc1NCC#Cc1cc(NC2CCN(C(=O)OC(C)(C)C)C[C@@H]2C)c2ccn(CC(F)(F)F)c2c1. The molecule has 2 heterocycles. The Kier molecular flexibility index (Phi) is 9.87. The van der Waals surface area contributed by atoms with Gasteiger partial charge in [0, 0.05) is 54.3 Å². The number of alkyl halides is 3. The lowest BCUT2D eigenvalue weighted by Gasteiger charge is -2.38. The number of carbonyl (C=O) groups excluding carboxylic acids is 1. The summed E-state index contributed by atoms with van der Waals surface area (Å²) in [6, 6.07) is 9.55. The number of halogens is 3. The quantitative estimate of drug-likeness (QED) is 0.297. The van der Waals surface area contributed by atoms with Gasteiger partial charge in [-0.25, -0.2) is 13.2 Å². The van der Waals surface area contributed by atoms with Gasteiger partial charge >= 0.3 is 12.3 Å². The third kappa shape index (κ3) is 9.00. The number of amides is 1. The summed E-state index contributed by atoms with van der Waals surface area (Å²) < 4.78 is 75.9. The molecule has 4 rings (SSSR count). The van der Waals surface area contributed by atoms with Crippen molar-refractivity contribution in [2.45, 2.75) is 63.4 Å². The van der Waals surface area contributed by atoms with Gasteiger partial charge in [-0.3, -0.25) is 0 Å². The minimum atomic E-state index is -4.40. The maximum absolute atomic E-state index is 13.4. The fourth-order valence-electron chi connectivity index (χ4n) is 5.20. The summed E-state index contributed by atoms with van der Waals surface area (Å²) in [6.07, 6.45) is -1.61. The number of piperidine rings is 1. The molecular formula is C32H39F3N4O5S. The maximum Gasteiger partial charge on any atom is 0.410 e. The van der Waals surface area contributed by atoms with Crippen molar-refractivity contribution < 1.29 is 35.9 Å². The molecule has 244 valence electrons. The van der Waals surface area contributed by atoms with Gasteiger partial charge < -0.3 is 29.6 Å². The smallest absolute Gasteiger partial charge is 0.410 e. The van der Waals surface area contributed by atoms with E-state index < -0.39 is 28.2 Å². The van der Waals surface area contributed by atoms with Crippen molar-refractivity contribution >= 4 is 38.2 Å². The Hall–Kier alpha value is -4.05. The predicted molar refractivity (Wildman–Crippen MR) is 168 cm³/mol. The average Bonchev–Trinajstić information content (AvgIpc) is 3.31. The van der Waals surface area contributed by atoms with E-state index in [9.17, 15) is 26.4 Å². The van der Waals surface area contributed by atoms with Crippen LogP contribution in [0, 0.1) is 17.8 Å².